The lowest BCUT2D eigenvalue weighted by atomic mass is 10.2. The van der Waals surface area contributed by atoms with Crippen LogP contribution in [0, 0.1) is 0 Å². The molecule has 2 aromatic heterocycles. The van der Waals surface area contributed by atoms with Gasteiger partial charge in [0.15, 0.2) is 5.13 Å². The molecule has 152 valence electrons. The SMILES string of the molecule is COc1nn(C)cc1C(=O)N(CCCN(C)C)c1nc2ccc(Br)cc2s1.Cl. The number of carbonyl (C=O) groups is 1. The van der Waals surface area contributed by atoms with Crippen molar-refractivity contribution in [3.8, 4) is 5.88 Å². The number of thiazole rings is 1. The molecule has 0 N–H and O–H groups in total. The highest BCUT2D eigenvalue weighted by atomic mass is 79.9. The Morgan fingerprint density at radius 3 is 2.75 bits per heavy atom. The summed E-state index contributed by atoms with van der Waals surface area (Å²) in [7, 11) is 7.33. The maximum atomic E-state index is 13.3. The van der Waals surface area contributed by atoms with Crippen LogP contribution in [0.2, 0.25) is 0 Å². The summed E-state index contributed by atoms with van der Waals surface area (Å²) in [6.07, 6.45) is 2.52. The molecule has 1 amide bonds. The number of nitrogens with zero attached hydrogens (tertiary/aromatic N) is 5. The van der Waals surface area contributed by atoms with Gasteiger partial charge in [0.2, 0.25) is 5.88 Å². The van der Waals surface area contributed by atoms with Crippen LogP contribution in [0.4, 0.5) is 5.13 Å². The van der Waals surface area contributed by atoms with Crippen molar-refractivity contribution < 1.29 is 9.53 Å². The number of aromatic nitrogens is 3. The average Bonchev–Trinajstić information content (AvgIpc) is 3.20. The zero-order valence-electron chi connectivity index (χ0n) is 16.2. The fourth-order valence-electron chi connectivity index (χ4n) is 2.74. The second kappa shape index (κ2) is 9.69. The van der Waals surface area contributed by atoms with Crippen LogP contribution in [0.5, 0.6) is 5.88 Å². The molecule has 0 aliphatic rings. The third-order valence-corrected chi connectivity index (χ3v) is 5.56. The van der Waals surface area contributed by atoms with Crippen LogP contribution in [-0.4, -0.2) is 59.9 Å². The number of halogens is 2. The number of amides is 1. The second-order valence-corrected chi connectivity index (χ2v) is 8.37. The number of hydrogen-bond acceptors (Lipinski definition) is 6. The van der Waals surface area contributed by atoms with Crippen LogP contribution in [-0.2, 0) is 7.05 Å². The second-order valence-electron chi connectivity index (χ2n) is 6.45. The molecule has 0 saturated heterocycles. The number of methoxy groups -OCH3 is 1. The van der Waals surface area contributed by atoms with Crippen LogP contribution in [0.15, 0.2) is 28.9 Å². The number of rotatable bonds is 7. The molecule has 3 aromatic rings. The number of carbonyl (C=O) groups excluding carboxylic acids is 1. The zero-order chi connectivity index (χ0) is 19.6. The maximum Gasteiger partial charge on any atom is 0.267 e. The van der Waals surface area contributed by atoms with Crippen LogP contribution in [0.25, 0.3) is 10.2 Å². The normalized spacial score (nSPS) is 10.9. The third kappa shape index (κ3) is 5.02. The highest BCUT2D eigenvalue weighted by Gasteiger charge is 2.26. The van der Waals surface area contributed by atoms with Gasteiger partial charge < -0.3 is 9.64 Å². The fourth-order valence-corrected chi connectivity index (χ4v) is 4.28. The van der Waals surface area contributed by atoms with E-state index in [1.165, 1.54) is 18.4 Å². The molecule has 0 saturated carbocycles. The monoisotopic (exact) mass is 487 g/mol. The summed E-state index contributed by atoms with van der Waals surface area (Å²) >= 11 is 4.99. The van der Waals surface area contributed by atoms with Gasteiger partial charge in [-0.1, -0.05) is 27.3 Å². The lowest BCUT2D eigenvalue weighted by molar-refractivity contribution is 0.0983. The predicted octanol–water partition coefficient (Wildman–Crippen LogP) is 3.82. The summed E-state index contributed by atoms with van der Waals surface area (Å²) in [6.45, 7) is 1.44. The van der Waals surface area contributed by atoms with Crippen molar-refractivity contribution in [3.05, 3.63) is 34.4 Å². The van der Waals surface area contributed by atoms with Crippen molar-refractivity contribution in [3.63, 3.8) is 0 Å². The van der Waals surface area contributed by atoms with Gasteiger partial charge in [-0.2, -0.15) is 0 Å². The summed E-state index contributed by atoms with van der Waals surface area (Å²) < 4.78 is 8.88. The average molecular weight is 489 g/mol. The highest BCUT2D eigenvalue weighted by molar-refractivity contribution is 9.10. The minimum absolute atomic E-state index is 0. The molecule has 0 aliphatic heterocycles. The first-order chi connectivity index (χ1) is 12.9. The van der Waals surface area contributed by atoms with E-state index >= 15 is 0 Å². The number of ether oxygens (including phenoxy) is 1. The number of fused-ring (bicyclic) bond motifs is 1. The van der Waals surface area contributed by atoms with E-state index in [1.807, 2.05) is 32.3 Å². The van der Waals surface area contributed by atoms with E-state index in [0.717, 1.165) is 27.7 Å². The van der Waals surface area contributed by atoms with E-state index in [4.69, 9.17) is 4.74 Å². The molecular formula is C18H23BrClN5O2S. The van der Waals surface area contributed by atoms with Crippen molar-refractivity contribution in [2.75, 3.05) is 39.2 Å². The largest absolute Gasteiger partial charge is 0.479 e. The van der Waals surface area contributed by atoms with Gasteiger partial charge in [-0.3, -0.25) is 14.4 Å². The predicted molar refractivity (Wildman–Crippen MR) is 119 cm³/mol. The minimum atomic E-state index is -0.156. The Hall–Kier alpha value is -1.68. The molecule has 0 unspecified atom stereocenters. The number of hydrogen-bond donors (Lipinski definition) is 0. The number of aryl methyl sites for hydroxylation is 1. The highest BCUT2D eigenvalue weighted by Crippen LogP contribution is 2.32. The summed E-state index contributed by atoms with van der Waals surface area (Å²) in [6, 6.07) is 5.92. The minimum Gasteiger partial charge on any atom is -0.479 e. The van der Waals surface area contributed by atoms with Gasteiger partial charge in [0.05, 0.1) is 17.3 Å². The molecule has 7 nitrogen and oxygen atoms in total. The molecule has 0 bridgehead atoms. The van der Waals surface area contributed by atoms with E-state index in [0.29, 0.717) is 23.1 Å². The van der Waals surface area contributed by atoms with E-state index in [2.05, 4.69) is 30.9 Å². The summed E-state index contributed by atoms with van der Waals surface area (Å²) in [5, 5.41) is 4.88. The van der Waals surface area contributed by atoms with E-state index in [1.54, 1.807) is 22.8 Å². The van der Waals surface area contributed by atoms with Crippen molar-refractivity contribution in [1.29, 1.82) is 0 Å². The fraction of sp³-hybridized carbons (Fsp3) is 0.389. The van der Waals surface area contributed by atoms with E-state index < -0.39 is 0 Å². The molecule has 28 heavy (non-hydrogen) atoms. The van der Waals surface area contributed by atoms with E-state index in [-0.39, 0.29) is 18.3 Å². The lowest BCUT2D eigenvalue weighted by Gasteiger charge is -2.20. The molecule has 0 aliphatic carbocycles. The van der Waals surface area contributed by atoms with Crippen molar-refractivity contribution in [1.82, 2.24) is 19.7 Å². The van der Waals surface area contributed by atoms with E-state index in [9.17, 15) is 4.79 Å². The quantitative estimate of drug-likeness (QED) is 0.506. The Morgan fingerprint density at radius 2 is 2.07 bits per heavy atom. The van der Waals surface area contributed by atoms with Crippen LogP contribution >= 0.6 is 39.7 Å². The van der Waals surface area contributed by atoms with Gasteiger partial charge in [-0.15, -0.1) is 17.5 Å². The summed E-state index contributed by atoms with van der Waals surface area (Å²) in [5.41, 5.74) is 1.31. The Labute approximate surface area is 182 Å². The van der Waals surface area contributed by atoms with Gasteiger partial charge in [-0.25, -0.2) is 4.98 Å². The summed E-state index contributed by atoms with van der Waals surface area (Å²) in [5.74, 6) is 0.167. The Morgan fingerprint density at radius 1 is 1.32 bits per heavy atom. The van der Waals surface area contributed by atoms with Crippen molar-refractivity contribution in [2.45, 2.75) is 6.42 Å². The van der Waals surface area contributed by atoms with Gasteiger partial charge in [0.25, 0.3) is 5.91 Å². The number of anilines is 1. The summed E-state index contributed by atoms with van der Waals surface area (Å²) in [4.78, 5) is 21.8. The standard InChI is InChI=1S/C18H22BrN5O2S.ClH/c1-22(2)8-5-9-24(17(25)13-11-23(3)21-16(13)26-4)18-20-14-7-6-12(19)10-15(14)27-18;/h6-7,10-11H,5,8-9H2,1-4H3;1H. The molecule has 0 radical (unpaired) electrons. The van der Waals surface area contributed by atoms with Gasteiger partial charge in [-0.05, 0) is 45.3 Å². The van der Waals surface area contributed by atoms with Crippen molar-refractivity contribution >= 4 is 60.9 Å². The maximum absolute atomic E-state index is 13.3. The number of benzene rings is 1. The van der Waals surface area contributed by atoms with Gasteiger partial charge in [0, 0.05) is 24.3 Å². The molecule has 1 aromatic carbocycles. The topological polar surface area (TPSA) is 63.5 Å². The van der Waals surface area contributed by atoms with Crippen molar-refractivity contribution in [2.24, 2.45) is 7.05 Å². The molecule has 3 rings (SSSR count). The Balaban J connectivity index is 0.00000280. The molecule has 10 heteroatoms. The first kappa shape index (κ1) is 22.6. The van der Waals surface area contributed by atoms with Gasteiger partial charge in [0.1, 0.15) is 5.56 Å². The Kier molecular flexibility index (Phi) is 7.82. The molecule has 2 heterocycles. The van der Waals surface area contributed by atoms with Crippen LogP contribution in [0.3, 0.4) is 0 Å². The molecule has 0 spiro atoms. The van der Waals surface area contributed by atoms with Gasteiger partial charge >= 0.3 is 0 Å². The first-order valence-corrected chi connectivity index (χ1v) is 10.1. The Bertz CT molecular complexity index is 959. The lowest BCUT2D eigenvalue weighted by Crippen LogP contribution is -2.33. The zero-order valence-corrected chi connectivity index (χ0v) is 19.4. The van der Waals surface area contributed by atoms with Crippen LogP contribution in [0.1, 0.15) is 16.8 Å². The third-order valence-electron chi connectivity index (χ3n) is 4.02. The molecular weight excluding hydrogens is 466 g/mol. The first-order valence-electron chi connectivity index (χ1n) is 8.49. The molecule has 0 fully saturated rings. The smallest absolute Gasteiger partial charge is 0.267 e. The van der Waals surface area contributed by atoms with Crippen LogP contribution < -0.4 is 9.64 Å². The molecule has 0 atom stereocenters.